The lowest BCUT2D eigenvalue weighted by atomic mass is 10.2. The fourth-order valence-corrected chi connectivity index (χ4v) is 1.75. The summed E-state index contributed by atoms with van der Waals surface area (Å²) in [7, 11) is 3.64. The predicted octanol–water partition coefficient (Wildman–Crippen LogP) is 2.14. The van der Waals surface area contributed by atoms with Crippen molar-refractivity contribution in [2.24, 2.45) is 7.05 Å². The van der Waals surface area contributed by atoms with Crippen LogP contribution in [0.1, 0.15) is 11.3 Å². The summed E-state index contributed by atoms with van der Waals surface area (Å²) >= 11 is 0. The van der Waals surface area contributed by atoms with Gasteiger partial charge in [0.25, 0.3) is 0 Å². The van der Waals surface area contributed by atoms with Crippen molar-refractivity contribution in [3.63, 3.8) is 0 Å². The topological polar surface area (TPSA) is 39.1 Å². The molecule has 0 radical (unpaired) electrons. The van der Waals surface area contributed by atoms with Crippen LogP contribution in [0.5, 0.6) is 5.75 Å². The van der Waals surface area contributed by atoms with E-state index >= 15 is 0 Å². The van der Waals surface area contributed by atoms with Gasteiger partial charge in [-0.1, -0.05) is 18.2 Å². The standard InChI is InChI=1S/C13H17N3O.ClH/c1-16-12(7-8-15-16)10-14-9-11-5-3-4-6-13(11)17-2;/h3-8,14H,9-10H2,1-2H3;1H. The third-order valence-corrected chi connectivity index (χ3v) is 2.74. The Morgan fingerprint density at radius 2 is 2.00 bits per heavy atom. The maximum atomic E-state index is 5.30. The van der Waals surface area contributed by atoms with Gasteiger partial charge in [-0.15, -0.1) is 12.4 Å². The maximum Gasteiger partial charge on any atom is 0.123 e. The fourth-order valence-electron chi connectivity index (χ4n) is 1.75. The molecule has 2 rings (SSSR count). The van der Waals surface area contributed by atoms with E-state index in [0.717, 1.165) is 24.4 Å². The zero-order valence-corrected chi connectivity index (χ0v) is 11.4. The van der Waals surface area contributed by atoms with E-state index in [-0.39, 0.29) is 12.4 Å². The molecule has 4 nitrogen and oxygen atoms in total. The number of halogens is 1. The van der Waals surface area contributed by atoms with E-state index in [2.05, 4.69) is 16.5 Å². The van der Waals surface area contributed by atoms with Crippen LogP contribution in [0.25, 0.3) is 0 Å². The Bertz CT molecular complexity index is 485. The zero-order valence-electron chi connectivity index (χ0n) is 10.6. The van der Waals surface area contributed by atoms with Gasteiger partial charge in [-0.25, -0.2) is 0 Å². The number of aryl methyl sites for hydroxylation is 1. The van der Waals surface area contributed by atoms with Crippen LogP contribution in [-0.2, 0) is 20.1 Å². The van der Waals surface area contributed by atoms with Crippen molar-refractivity contribution in [1.29, 1.82) is 0 Å². The lowest BCUT2D eigenvalue weighted by Crippen LogP contribution is -2.15. The first-order chi connectivity index (χ1) is 8.31. The largest absolute Gasteiger partial charge is 0.496 e. The van der Waals surface area contributed by atoms with Gasteiger partial charge in [-0.2, -0.15) is 5.10 Å². The van der Waals surface area contributed by atoms with Crippen LogP contribution in [0.2, 0.25) is 0 Å². The summed E-state index contributed by atoms with van der Waals surface area (Å²) in [4.78, 5) is 0. The van der Waals surface area contributed by atoms with Crippen molar-refractivity contribution in [2.75, 3.05) is 7.11 Å². The predicted molar refractivity (Wildman–Crippen MR) is 74.0 cm³/mol. The molecule has 18 heavy (non-hydrogen) atoms. The van der Waals surface area contributed by atoms with Crippen molar-refractivity contribution in [3.8, 4) is 5.75 Å². The van der Waals surface area contributed by atoms with Gasteiger partial charge in [0.05, 0.1) is 12.8 Å². The number of nitrogens with one attached hydrogen (secondary N) is 1. The molecule has 0 unspecified atom stereocenters. The summed E-state index contributed by atoms with van der Waals surface area (Å²) < 4.78 is 7.17. The van der Waals surface area contributed by atoms with E-state index in [0.29, 0.717) is 0 Å². The number of hydrogen-bond acceptors (Lipinski definition) is 3. The summed E-state index contributed by atoms with van der Waals surface area (Å²) in [6, 6.07) is 10.0. The van der Waals surface area contributed by atoms with Crippen LogP contribution in [0.4, 0.5) is 0 Å². The Balaban J connectivity index is 0.00000162. The van der Waals surface area contributed by atoms with E-state index in [9.17, 15) is 0 Å². The van der Waals surface area contributed by atoms with Crippen LogP contribution in [0.3, 0.4) is 0 Å². The van der Waals surface area contributed by atoms with E-state index in [1.165, 1.54) is 5.69 Å². The molecule has 1 aromatic carbocycles. The molecule has 0 aliphatic rings. The van der Waals surface area contributed by atoms with Crippen LogP contribution >= 0.6 is 12.4 Å². The molecule has 0 saturated carbocycles. The second kappa shape index (κ2) is 7.03. The SMILES string of the molecule is COc1ccccc1CNCc1ccnn1C.Cl. The highest BCUT2D eigenvalue weighted by Gasteiger charge is 2.02. The summed E-state index contributed by atoms with van der Waals surface area (Å²) in [5, 5.41) is 7.51. The van der Waals surface area contributed by atoms with E-state index in [4.69, 9.17) is 4.74 Å². The second-order valence-corrected chi connectivity index (χ2v) is 3.86. The van der Waals surface area contributed by atoms with Crippen LogP contribution in [0, 0.1) is 0 Å². The normalized spacial score (nSPS) is 9.89. The minimum Gasteiger partial charge on any atom is -0.496 e. The first-order valence-electron chi connectivity index (χ1n) is 5.60. The lowest BCUT2D eigenvalue weighted by Gasteiger charge is -2.09. The molecule has 0 amide bonds. The number of rotatable bonds is 5. The van der Waals surface area contributed by atoms with E-state index < -0.39 is 0 Å². The number of ether oxygens (including phenoxy) is 1. The van der Waals surface area contributed by atoms with Gasteiger partial charge in [-0.05, 0) is 12.1 Å². The van der Waals surface area contributed by atoms with Crippen molar-refractivity contribution in [1.82, 2.24) is 15.1 Å². The van der Waals surface area contributed by atoms with E-state index in [1.807, 2.05) is 36.0 Å². The van der Waals surface area contributed by atoms with Gasteiger partial charge in [0.15, 0.2) is 0 Å². The summed E-state index contributed by atoms with van der Waals surface area (Å²) in [6.45, 7) is 1.59. The highest BCUT2D eigenvalue weighted by Crippen LogP contribution is 2.16. The second-order valence-electron chi connectivity index (χ2n) is 3.86. The highest BCUT2D eigenvalue weighted by molar-refractivity contribution is 5.85. The highest BCUT2D eigenvalue weighted by atomic mass is 35.5. The first kappa shape index (κ1) is 14.5. The minimum absolute atomic E-state index is 0. The van der Waals surface area contributed by atoms with E-state index in [1.54, 1.807) is 13.3 Å². The van der Waals surface area contributed by atoms with Gasteiger partial charge in [0, 0.05) is 31.9 Å². The average Bonchev–Trinajstić information content (AvgIpc) is 2.76. The molecular formula is C13H18ClN3O. The molecule has 0 spiro atoms. The molecule has 98 valence electrons. The molecule has 1 N–H and O–H groups in total. The van der Waals surface area contributed by atoms with Crippen LogP contribution in [0.15, 0.2) is 36.5 Å². The Hall–Kier alpha value is -1.52. The first-order valence-corrected chi connectivity index (χ1v) is 5.60. The van der Waals surface area contributed by atoms with Crippen molar-refractivity contribution >= 4 is 12.4 Å². The molecule has 0 aliphatic carbocycles. The fraction of sp³-hybridized carbons (Fsp3) is 0.308. The van der Waals surface area contributed by atoms with Gasteiger partial charge >= 0.3 is 0 Å². The number of benzene rings is 1. The molecule has 0 aliphatic heterocycles. The van der Waals surface area contributed by atoms with Gasteiger partial charge < -0.3 is 10.1 Å². The third-order valence-electron chi connectivity index (χ3n) is 2.74. The molecular weight excluding hydrogens is 250 g/mol. The summed E-state index contributed by atoms with van der Waals surface area (Å²) in [6.07, 6.45) is 1.81. The number of para-hydroxylation sites is 1. The Kier molecular flexibility index (Phi) is 5.68. The molecule has 0 bridgehead atoms. The van der Waals surface area contributed by atoms with Gasteiger partial charge in [-0.3, -0.25) is 4.68 Å². The van der Waals surface area contributed by atoms with Crippen LogP contribution in [-0.4, -0.2) is 16.9 Å². The average molecular weight is 268 g/mol. The van der Waals surface area contributed by atoms with Crippen molar-refractivity contribution < 1.29 is 4.74 Å². The molecule has 0 fully saturated rings. The Morgan fingerprint density at radius 1 is 1.22 bits per heavy atom. The number of aromatic nitrogens is 2. The molecule has 0 atom stereocenters. The van der Waals surface area contributed by atoms with Gasteiger partial charge in [0.2, 0.25) is 0 Å². The molecule has 5 heteroatoms. The number of nitrogens with zero attached hydrogens (tertiary/aromatic N) is 2. The molecule has 1 heterocycles. The number of methoxy groups -OCH3 is 1. The quantitative estimate of drug-likeness (QED) is 0.902. The smallest absolute Gasteiger partial charge is 0.123 e. The van der Waals surface area contributed by atoms with Crippen LogP contribution < -0.4 is 10.1 Å². The van der Waals surface area contributed by atoms with Gasteiger partial charge in [0.1, 0.15) is 5.75 Å². The zero-order chi connectivity index (χ0) is 12.1. The number of hydrogen-bond donors (Lipinski definition) is 1. The molecule has 1 aromatic heterocycles. The maximum absolute atomic E-state index is 5.30. The Labute approximate surface area is 113 Å². The summed E-state index contributed by atoms with van der Waals surface area (Å²) in [5.74, 6) is 0.921. The summed E-state index contributed by atoms with van der Waals surface area (Å²) in [5.41, 5.74) is 2.33. The van der Waals surface area contributed by atoms with Crippen molar-refractivity contribution in [3.05, 3.63) is 47.8 Å². The molecule has 2 aromatic rings. The molecule has 0 saturated heterocycles. The van der Waals surface area contributed by atoms with Crippen molar-refractivity contribution in [2.45, 2.75) is 13.1 Å². The third kappa shape index (κ3) is 3.48. The lowest BCUT2D eigenvalue weighted by molar-refractivity contribution is 0.407. The Morgan fingerprint density at radius 3 is 2.67 bits per heavy atom. The minimum atomic E-state index is 0. The monoisotopic (exact) mass is 267 g/mol.